The number of ether oxygens (including phenoxy) is 1. The van der Waals surface area contributed by atoms with Gasteiger partial charge in [-0.25, -0.2) is 4.79 Å². The van der Waals surface area contributed by atoms with Crippen LogP contribution in [-0.2, 0) is 4.74 Å². The van der Waals surface area contributed by atoms with Crippen molar-refractivity contribution in [2.45, 2.75) is 33.2 Å². The van der Waals surface area contributed by atoms with Gasteiger partial charge in [0.2, 0.25) is 0 Å². The Morgan fingerprint density at radius 3 is 2.48 bits per heavy atom. The van der Waals surface area contributed by atoms with Crippen LogP contribution in [0.3, 0.4) is 0 Å². The molecule has 2 N–H and O–H groups in total. The first-order chi connectivity index (χ1) is 12.0. The third-order valence-corrected chi connectivity index (χ3v) is 4.12. The highest BCUT2D eigenvalue weighted by molar-refractivity contribution is 7.80. The van der Waals surface area contributed by atoms with Crippen molar-refractivity contribution in [1.29, 1.82) is 0 Å². The fraction of sp³-hybridized carbons (Fsp3) is 0.300. The van der Waals surface area contributed by atoms with Crippen LogP contribution in [0.2, 0.25) is 0 Å². The summed E-state index contributed by atoms with van der Waals surface area (Å²) < 4.78 is 5.02. The predicted octanol–water partition coefficient (Wildman–Crippen LogP) is 4.61. The van der Waals surface area contributed by atoms with Gasteiger partial charge in [-0.15, -0.1) is 0 Å². The topological polar surface area (TPSA) is 50.4 Å². The van der Waals surface area contributed by atoms with Gasteiger partial charge in [-0.05, 0) is 61.8 Å². The zero-order valence-electron chi connectivity index (χ0n) is 14.8. The van der Waals surface area contributed by atoms with Crippen LogP contribution in [0, 0.1) is 6.92 Å². The van der Waals surface area contributed by atoms with Gasteiger partial charge in [0.25, 0.3) is 0 Å². The SMILES string of the molecule is CCOC(=O)c1ccc(NC(=S)NC(CC)c2ccccc2)c(C)c1. The fourth-order valence-corrected chi connectivity index (χ4v) is 2.82. The van der Waals surface area contributed by atoms with E-state index in [1.165, 1.54) is 5.56 Å². The van der Waals surface area contributed by atoms with Gasteiger partial charge in [0.15, 0.2) is 5.11 Å². The average Bonchev–Trinajstić information content (AvgIpc) is 2.62. The Hall–Kier alpha value is -2.40. The molecule has 0 spiro atoms. The highest BCUT2D eigenvalue weighted by Gasteiger charge is 2.12. The number of anilines is 1. The summed E-state index contributed by atoms with van der Waals surface area (Å²) in [7, 11) is 0. The number of hydrogen-bond acceptors (Lipinski definition) is 3. The van der Waals surface area contributed by atoms with Gasteiger partial charge in [-0.2, -0.15) is 0 Å². The molecular formula is C20H24N2O2S. The molecule has 0 aromatic heterocycles. The molecule has 0 amide bonds. The number of carbonyl (C=O) groups excluding carboxylic acids is 1. The first-order valence-corrected chi connectivity index (χ1v) is 8.86. The van der Waals surface area contributed by atoms with Gasteiger partial charge in [0.1, 0.15) is 0 Å². The summed E-state index contributed by atoms with van der Waals surface area (Å²) >= 11 is 5.45. The zero-order valence-corrected chi connectivity index (χ0v) is 15.7. The normalized spacial score (nSPS) is 11.5. The maximum absolute atomic E-state index is 11.8. The molecule has 25 heavy (non-hydrogen) atoms. The summed E-state index contributed by atoms with van der Waals surface area (Å²) in [6.07, 6.45) is 0.923. The van der Waals surface area contributed by atoms with Crippen LogP contribution in [-0.4, -0.2) is 17.7 Å². The molecule has 0 aliphatic heterocycles. The van der Waals surface area contributed by atoms with E-state index in [0.717, 1.165) is 17.7 Å². The molecule has 2 aromatic rings. The molecule has 4 nitrogen and oxygen atoms in total. The molecule has 2 aromatic carbocycles. The van der Waals surface area contributed by atoms with E-state index >= 15 is 0 Å². The summed E-state index contributed by atoms with van der Waals surface area (Å²) in [6, 6.07) is 15.8. The summed E-state index contributed by atoms with van der Waals surface area (Å²) in [5.74, 6) is -0.312. The van der Waals surface area contributed by atoms with Crippen molar-refractivity contribution in [3.05, 3.63) is 65.2 Å². The molecule has 0 heterocycles. The lowest BCUT2D eigenvalue weighted by Crippen LogP contribution is -2.32. The number of esters is 1. The second kappa shape index (κ2) is 9.18. The molecule has 0 bridgehead atoms. The third kappa shape index (κ3) is 5.29. The van der Waals surface area contributed by atoms with Crippen LogP contribution in [0.25, 0.3) is 0 Å². The molecule has 1 atom stereocenters. The highest BCUT2D eigenvalue weighted by atomic mass is 32.1. The molecule has 0 aliphatic carbocycles. The summed E-state index contributed by atoms with van der Waals surface area (Å²) in [5, 5.41) is 7.11. The molecule has 0 fully saturated rings. The van der Waals surface area contributed by atoms with Gasteiger partial charge in [-0.1, -0.05) is 37.3 Å². The maximum Gasteiger partial charge on any atom is 0.338 e. The third-order valence-electron chi connectivity index (χ3n) is 3.90. The summed E-state index contributed by atoms with van der Waals surface area (Å²) in [4.78, 5) is 11.8. The van der Waals surface area contributed by atoms with E-state index in [1.54, 1.807) is 19.1 Å². The molecule has 0 aliphatic rings. The Balaban J connectivity index is 2.03. The van der Waals surface area contributed by atoms with Gasteiger partial charge < -0.3 is 15.4 Å². The molecule has 2 rings (SSSR count). The average molecular weight is 356 g/mol. The Labute approximate surface area is 154 Å². The minimum absolute atomic E-state index is 0.153. The molecular weight excluding hydrogens is 332 g/mol. The Morgan fingerprint density at radius 1 is 1.16 bits per heavy atom. The Bertz CT molecular complexity index is 732. The van der Waals surface area contributed by atoms with E-state index < -0.39 is 0 Å². The minimum Gasteiger partial charge on any atom is -0.462 e. The van der Waals surface area contributed by atoms with Gasteiger partial charge in [0.05, 0.1) is 18.2 Å². The number of aryl methyl sites for hydroxylation is 1. The number of nitrogens with one attached hydrogen (secondary N) is 2. The quantitative estimate of drug-likeness (QED) is 0.585. The van der Waals surface area contributed by atoms with Crippen LogP contribution in [0.1, 0.15) is 47.8 Å². The van der Waals surface area contributed by atoms with E-state index in [2.05, 4.69) is 29.7 Å². The predicted molar refractivity (Wildman–Crippen MR) is 106 cm³/mol. The standard InChI is InChI=1S/C20H24N2O2S/c1-4-17(15-9-7-6-8-10-15)21-20(25)22-18-12-11-16(13-14(18)3)19(23)24-5-2/h6-13,17H,4-5H2,1-3H3,(H2,21,22,25). The van der Waals surface area contributed by atoms with Crippen molar-refractivity contribution in [2.75, 3.05) is 11.9 Å². The maximum atomic E-state index is 11.8. The van der Waals surface area contributed by atoms with Crippen molar-refractivity contribution in [3.8, 4) is 0 Å². The summed E-state index contributed by atoms with van der Waals surface area (Å²) in [5.41, 5.74) is 3.54. The van der Waals surface area contributed by atoms with Crippen LogP contribution < -0.4 is 10.6 Å². The molecule has 0 saturated heterocycles. The Kier molecular flexibility index (Phi) is 6.95. The lowest BCUT2D eigenvalue weighted by atomic mass is 10.1. The Morgan fingerprint density at radius 2 is 1.88 bits per heavy atom. The van der Waals surface area contributed by atoms with Crippen LogP contribution in [0.15, 0.2) is 48.5 Å². The van der Waals surface area contributed by atoms with Crippen LogP contribution in [0.4, 0.5) is 5.69 Å². The van der Waals surface area contributed by atoms with Crippen molar-refractivity contribution in [2.24, 2.45) is 0 Å². The van der Waals surface area contributed by atoms with Crippen molar-refractivity contribution in [1.82, 2.24) is 5.32 Å². The fourth-order valence-electron chi connectivity index (χ4n) is 2.57. The second-order valence-electron chi connectivity index (χ2n) is 5.72. The van der Waals surface area contributed by atoms with Gasteiger partial charge >= 0.3 is 5.97 Å². The van der Waals surface area contributed by atoms with Crippen molar-refractivity contribution in [3.63, 3.8) is 0 Å². The highest BCUT2D eigenvalue weighted by Crippen LogP contribution is 2.19. The lowest BCUT2D eigenvalue weighted by molar-refractivity contribution is 0.0526. The number of hydrogen-bond donors (Lipinski definition) is 2. The first-order valence-electron chi connectivity index (χ1n) is 8.45. The van der Waals surface area contributed by atoms with Crippen molar-refractivity contribution < 1.29 is 9.53 Å². The van der Waals surface area contributed by atoms with E-state index in [0.29, 0.717) is 17.3 Å². The molecule has 0 radical (unpaired) electrons. The number of thiocarbonyl (C=S) groups is 1. The molecule has 1 unspecified atom stereocenters. The van der Waals surface area contributed by atoms with E-state index in [1.807, 2.05) is 31.2 Å². The van der Waals surface area contributed by atoms with Gasteiger partial charge in [-0.3, -0.25) is 0 Å². The second-order valence-corrected chi connectivity index (χ2v) is 6.13. The van der Waals surface area contributed by atoms with E-state index in [9.17, 15) is 4.79 Å². The lowest BCUT2D eigenvalue weighted by Gasteiger charge is -2.20. The van der Waals surface area contributed by atoms with E-state index in [4.69, 9.17) is 17.0 Å². The number of carbonyl (C=O) groups is 1. The van der Waals surface area contributed by atoms with Crippen LogP contribution >= 0.6 is 12.2 Å². The van der Waals surface area contributed by atoms with E-state index in [-0.39, 0.29) is 12.0 Å². The largest absolute Gasteiger partial charge is 0.462 e. The van der Waals surface area contributed by atoms with Crippen molar-refractivity contribution >= 4 is 29.0 Å². The zero-order chi connectivity index (χ0) is 18.2. The molecule has 132 valence electrons. The molecule has 0 saturated carbocycles. The summed E-state index contributed by atoms with van der Waals surface area (Å²) in [6.45, 7) is 6.21. The number of rotatable bonds is 6. The molecule has 5 heteroatoms. The first kappa shape index (κ1) is 18.9. The number of benzene rings is 2. The smallest absolute Gasteiger partial charge is 0.338 e. The van der Waals surface area contributed by atoms with Gasteiger partial charge in [0, 0.05) is 5.69 Å². The monoisotopic (exact) mass is 356 g/mol. The van der Waals surface area contributed by atoms with Crippen LogP contribution in [0.5, 0.6) is 0 Å². The minimum atomic E-state index is -0.312.